The maximum absolute atomic E-state index is 12.6. The zero-order valence-electron chi connectivity index (χ0n) is 18.1. The van der Waals surface area contributed by atoms with E-state index in [4.69, 9.17) is 4.74 Å². The van der Waals surface area contributed by atoms with Crippen LogP contribution in [0.2, 0.25) is 0 Å². The lowest BCUT2D eigenvalue weighted by Gasteiger charge is -2.37. The number of aryl methyl sites for hydroxylation is 1. The van der Waals surface area contributed by atoms with Crippen LogP contribution in [0.15, 0.2) is 24.3 Å². The molecule has 0 spiro atoms. The average Bonchev–Trinajstić information content (AvgIpc) is 2.75. The molecule has 2 saturated carbocycles. The summed E-state index contributed by atoms with van der Waals surface area (Å²) in [5.74, 6) is 3.55. The maximum Gasteiger partial charge on any atom is 0.314 e. The molecule has 0 aromatic heterocycles. The molecule has 1 aromatic rings. The molecule has 2 fully saturated rings. The number of hydrogen-bond donors (Lipinski definition) is 0. The van der Waals surface area contributed by atoms with Crippen LogP contribution in [0.5, 0.6) is 5.75 Å². The molecule has 1 aromatic carbocycles. The Morgan fingerprint density at radius 3 is 2.04 bits per heavy atom. The number of hydrogen-bond acceptors (Lipinski definition) is 2. The lowest BCUT2D eigenvalue weighted by molar-refractivity contribution is -0.140. The van der Waals surface area contributed by atoms with Gasteiger partial charge < -0.3 is 4.74 Å². The number of ether oxygens (including phenoxy) is 1. The van der Waals surface area contributed by atoms with Gasteiger partial charge in [-0.2, -0.15) is 0 Å². The minimum atomic E-state index is -0.0117. The normalized spacial score (nSPS) is 28.1. The van der Waals surface area contributed by atoms with E-state index in [9.17, 15) is 4.79 Å². The highest BCUT2D eigenvalue weighted by Gasteiger charge is 2.33. The maximum atomic E-state index is 12.6. The molecule has 3 rings (SSSR count). The Morgan fingerprint density at radius 1 is 0.857 bits per heavy atom. The van der Waals surface area contributed by atoms with Gasteiger partial charge >= 0.3 is 5.97 Å². The predicted octanol–water partition coefficient (Wildman–Crippen LogP) is 7.35. The molecule has 0 heterocycles. The van der Waals surface area contributed by atoms with Crippen LogP contribution in [0.4, 0.5) is 0 Å². The van der Waals surface area contributed by atoms with Gasteiger partial charge in [-0.3, -0.25) is 4.79 Å². The Balaban J connectivity index is 1.37. The summed E-state index contributed by atoms with van der Waals surface area (Å²) >= 11 is 0. The zero-order valence-corrected chi connectivity index (χ0v) is 18.1. The SMILES string of the molecule is CCCCCC1CCC(C2CCC(C(=O)Oc3ccc(CC)cc3)CC2)CC1. The van der Waals surface area contributed by atoms with Gasteiger partial charge in [0, 0.05) is 0 Å². The van der Waals surface area contributed by atoms with Crippen molar-refractivity contribution in [1.82, 2.24) is 0 Å². The van der Waals surface area contributed by atoms with Crippen molar-refractivity contribution in [2.24, 2.45) is 23.7 Å². The van der Waals surface area contributed by atoms with Gasteiger partial charge in [0.1, 0.15) is 5.75 Å². The molecule has 2 heteroatoms. The van der Waals surface area contributed by atoms with E-state index in [0.29, 0.717) is 5.75 Å². The summed E-state index contributed by atoms with van der Waals surface area (Å²) in [5, 5.41) is 0. The molecule has 0 amide bonds. The van der Waals surface area contributed by atoms with E-state index in [0.717, 1.165) is 37.0 Å². The van der Waals surface area contributed by atoms with Crippen LogP contribution in [0.3, 0.4) is 0 Å². The molecule has 28 heavy (non-hydrogen) atoms. The van der Waals surface area contributed by atoms with Crippen LogP contribution >= 0.6 is 0 Å². The van der Waals surface area contributed by atoms with Gasteiger partial charge in [-0.15, -0.1) is 0 Å². The highest BCUT2D eigenvalue weighted by atomic mass is 16.5. The van der Waals surface area contributed by atoms with Gasteiger partial charge in [-0.25, -0.2) is 0 Å². The Labute approximate surface area is 172 Å². The first-order valence-corrected chi connectivity index (χ1v) is 12.0. The first-order chi connectivity index (χ1) is 13.7. The lowest BCUT2D eigenvalue weighted by atomic mass is 9.68. The molecule has 0 atom stereocenters. The van der Waals surface area contributed by atoms with Crippen LogP contribution in [0.25, 0.3) is 0 Å². The minimum Gasteiger partial charge on any atom is -0.426 e. The first-order valence-electron chi connectivity index (χ1n) is 12.0. The van der Waals surface area contributed by atoms with Crippen LogP contribution < -0.4 is 4.74 Å². The number of carbonyl (C=O) groups excluding carboxylic acids is 1. The Morgan fingerprint density at radius 2 is 1.46 bits per heavy atom. The summed E-state index contributed by atoms with van der Waals surface area (Å²) in [5.41, 5.74) is 1.28. The third kappa shape index (κ3) is 6.09. The smallest absolute Gasteiger partial charge is 0.314 e. The molecule has 0 aliphatic heterocycles. The number of esters is 1. The van der Waals surface area contributed by atoms with Crippen molar-refractivity contribution in [3.63, 3.8) is 0 Å². The molecular formula is C26H40O2. The van der Waals surface area contributed by atoms with Crippen LogP contribution in [-0.4, -0.2) is 5.97 Å². The predicted molar refractivity (Wildman–Crippen MR) is 116 cm³/mol. The topological polar surface area (TPSA) is 26.3 Å². The average molecular weight is 385 g/mol. The van der Waals surface area contributed by atoms with Gasteiger partial charge in [0.2, 0.25) is 0 Å². The Kier molecular flexibility index (Phi) is 8.43. The third-order valence-corrected chi connectivity index (χ3v) is 7.43. The van der Waals surface area contributed by atoms with E-state index in [1.54, 1.807) is 0 Å². The van der Waals surface area contributed by atoms with Crippen molar-refractivity contribution >= 4 is 5.97 Å². The van der Waals surface area contributed by atoms with Gasteiger partial charge in [-0.1, -0.05) is 64.5 Å². The van der Waals surface area contributed by atoms with E-state index in [-0.39, 0.29) is 11.9 Å². The second kappa shape index (κ2) is 11.0. The molecule has 0 saturated heterocycles. The fraction of sp³-hybridized carbons (Fsp3) is 0.731. The van der Waals surface area contributed by atoms with E-state index in [2.05, 4.69) is 26.0 Å². The summed E-state index contributed by atoms with van der Waals surface area (Å²) in [6, 6.07) is 7.97. The fourth-order valence-corrected chi connectivity index (χ4v) is 5.45. The number of rotatable bonds is 8. The van der Waals surface area contributed by atoms with Gasteiger partial charge in [0.05, 0.1) is 5.92 Å². The van der Waals surface area contributed by atoms with Crippen molar-refractivity contribution in [3.05, 3.63) is 29.8 Å². The number of carbonyl (C=O) groups is 1. The monoisotopic (exact) mass is 384 g/mol. The first kappa shape index (κ1) is 21.4. The molecule has 0 bridgehead atoms. The van der Waals surface area contributed by atoms with E-state index < -0.39 is 0 Å². The van der Waals surface area contributed by atoms with Gasteiger partial charge in [0.25, 0.3) is 0 Å². The molecule has 2 aliphatic rings. The summed E-state index contributed by atoms with van der Waals surface area (Å²) in [6.45, 7) is 4.43. The van der Waals surface area contributed by atoms with Crippen molar-refractivity contribution in [1.29, 1.82) is 0 Å². The second-order valence-corrected chi connectivity index (χ2v) is 9.31. The van der Waals surface area contributed by atoms with Crippen molar-refractivity contribution < 1.29 is 9.53 Å². The van der Waals surface area contributed by atoms with E-state index in [1.807, 2.05) is 12.1 Å². The molecule has 0 N–H and O–H groups in total. The van der Waals surface area contributed by atoms with Crippen LogP contribution in [-0.2, 0) is 11.2 Å². The Bertz CT molecular complexity index is 575. The van der Waals surface area contributed by atoms with Gasteiger partial charge in [0.15, 0.2) is 0 Å². The molecule has 0 radical (unpaired) electrons. The Hall–Kier alpha value is -1.31. The van der Waals surface area contributed by atoms with Gasteiger partial charge in [-0.05, 0) is 80.4 Å². The minimum absolute atomic E-state index is 0.0117. The quantitative estimate of drug-likeness (QED) is 0.266. The van der Waals surface area contributed by atoms with Crippen molar-refractivity contribution in [2.75, 3.05) is 0 Å². The van der Waals surface area contributed by atoms with E-state index >= 15 is 0 Å². The second-order valence-electron chi connectivity index (χ2n) is 9.31. The largest absolute Gasteiger partial charge is 0.426 e. The summed E-state index contributed by atoms with van der Waals surface area (Å²) in [4.78, 5) is 12.6. The van der Waals surface area contributed by atoms with Crippen molar-refractivity contribution in [2.45, 2.75) is 97.3 Å². The highest BCUT2D eigenvalue weighted by molar-refractivity contribution is 5.75. The molecule has 156 valence electrons. The fourth-order valence-electron chi connectivity index (χ4n) is 5.45. The lowest BCUT2D eigenvalue weighted by Crippen LogP contribution is -2.30. The standard InChI is InChI=1S/C26H40O2/c1-3-5-6-7-21-8-12-22(13-9-21)23-14-16-24(17-15-23)26(27)28-25-18-10-20(4-2)11-19-25/h10-11,18-19,21-24H,3-9,12-17H2,1-2H3. The summed E-state index contributed by atoms with van der Waals surface area (Å²) < 4.78 is 5.66. The van der Waals surface area contributed by atoms with Crippen LogP contribution in [0, 0.1) is 23.7 Å². The molecule has 0 unspecified atom stereocenters. The molecule has 2 aliphatic carbocycles. The summed E-state index contributed by atoms with van der Waals surface area (Å²) in [6.07, 6.45) is 16.9. The number of unbranched alkanes of at least 4 members (excludes halogenated alkanes) is 2. The molecule has 2 nitrogen and oxygen atoms in total. The van der Waals surface area contributed by atoms with E-state index in [1.165, 1.54) is 69.8 Å². The van der Waals surface area contributed by atoms with Crippen LogP contribution in [0.1, 0.15) is 96.5 Å². The number of benzene rings is 1. The third-order valence-electron chi connectivity index (χ3n) is 7.43. The van der Waals surface area contributed by atoms with Crippen molar-refractivity contribution in [3.8, 4) is 5.75 Å². The summed E-state index contributed by atoms with van der Waals surface area (Å²) in [7, 11) is 0. The zero-order chi connectivity index (χ0) is 19.8. The highest BCUT2D eigenvalue weighted by Crippen LogP contribution is 2.42. The molecular weight excluding hydrogens is 344 g/mol.